The number of halogens is 3. The van der Waals surface area contributed by atoms with Crippen LogP contribution in [0.4, 0.5) is 0 Å². The van der Waals surface area contributed by atoms with Gasteiger partial charge in [0.15, 0.2) is 0 Å². The van der Waals surface area contributed by atoms with E-state index in [0.717, 1.165) is 11.4 Å². The number of allylic oxidation sites excluding steroid dienone is 4. The number of aryl methyl sites for hydroxylation is 2. The second kappa shape index (κ2) is 17.0. The minimum Gasteiger partial charge on any atom is -1.00 e. The molecule has 0 atom stereocenters. The van der Waals surface area contributed by atoms with Crippen LogP contribution in [0.15, 0.2) is 115 Å². The Morgan fingerprint density at radius 2 is 1.22 bits per heavy atom. The molecule has 0 bridgehead atoms. The average molecular weight is 783 g/mol. The van der Waals surface area contributed by atoms with Gasteiger partial charge in [0, 0.05) is 0 Å². The van der Waals surface area contributed by atoms with Gasteiger partial charge in [-0.25, -0.2) is 12.2 Å². The van der Waals surface area contributed by atoms with Crippen LogP contribution in [0.5, 0.6) is 0 Å². The molecule has 0 fully saturated rings. The van der Waals surface area contributed by atoms with Crippen molar-refractivity contribution in [3.8, 4) is 0 Å². The molecule has 252 valence electrons. The predicted molar refractivity (Wildman–Crippen MR) is 204 cm³/mol. The Morgan fingerprint density at radius 3 is 1.69 bits per heavy atom. The van der Waals surface area contributed by atoms with Crippen LogP contribution in [0.25, 0.3) is 32.3 Å². The minimum atomic E-state index is 0. The van der Waals surface area contributed by atoms with Crippen molar-refractivity contribution in [2.75, 3.05) is 0 Å². The molecule has 6 aromatic carbocycles. The van der Waals surface area contributed by atoms with Crippen LogP contribution < -0.4 is 24.8 Å². The molecule has 1 aliphatic rings. The minimum absolute atomic E-state index is 0. The average Bonchev–Trinajstić information content (AvgIpc) is 3.71. The molecule has 0 unspecified atom stereocenters. The van der Waals surface area contributed by atoms with Crippen LogP contribution in [0.2, 0.25) is 5.02 Å². The zero-order chi connectivity index (χ0) is 33.9. The van der Waals surface area contributed by atoms with Gasteiger partial charge in [0.1, 0.15) is 0 Å². The molecular formula is C45H45Cl3Zr-2. The zero-order valence-electron chi connectivity index (χ0n) is 29.8. The van der Waals surface area contributed by atoms with E-state index >= 15 is 0 Å². The first kappa shape index (κ1) is 40.8. The molecule has 0 nitrogen and oxygen atoms in total. The van der Waals surface area contributed by atoms with Crippen LogP contribution in [-0.2, 0) is 35.1 Å². The van der Waals surface area contributed by atoms with Gasteiger partial charge in [0.2, 0.25) is 0 Å². The Balaban J connectivity index is 0.000000226. The molecule has 0 N–H and O–H groups in total. The van der Waals surface area contributed by atoms with Crippen molar-refractivity contribution < 1.29 is 49.0 Å². The maximum absolute atomic E-state index is 5.96. The standard InChI is InChI=1S/C23H29.C17H11Cl.C5H5.2ClH.Zr/c1-14-9-16-11-17-10-15(2)21(23(6,7)8)13-19(17)18(16)12-20(14)22(3,4)5;18-16-10-8-13(9-11-16)12-15-6-3-5-14-4-1-2-7-17(14)15;1-2-4-5-3-1;;;/h9-13H,1-8H3;1-11H;1-3H,4H2;2*1H;/q-1;;-1;;;+2/p-2. The number of benzene rings is 5. The quantitative estimate of drug-likeness (QED) is 0.169. The van der Waals surface area contributed by atoms with Gasteiger partial charge in [-0.2, -0.15) is 6.08 Å². The molecule has 0 aromatic heterocycles. The first-order chi connectivity index (χ1) is 22.2. The normalized spacial score (nSPS) is 12.1. The molecule has 0 saturated carbocycles. The Kier molecular flexibility index (Phi) is 14.2. The SMILES string of the molecule is Cc1cc2[cH-]c3cc(C)c(C(C)(C)C)cc3c2cc1C(C)(C)C.Clc1ccc([C](=[Zr+2])c2cccc3ccccc23)cc1.[C-]1=CC=CC1.[Cl-].[Cl-]. The zero-order valence-corrected chi connectivity index (χ0v) is 34.5. The third-order valence-electron chi connectivity index (χ3n) is 8.79. The summed E-state index contributed by atoms with van der Waals surface area (Å²) in [6, 6.07) is 35.0. The third kappa shape index (κ3) is 9.77. The topological polar surface area (TPSA) is 0 Å². The van der Waals surface area contributed by atoms with E-state index in [9.17, 15) is 0 Å². The number of rotatable bonds is 2. The molecule has 0 aliphatic heterocycles. The summed E-state index contributed by atoms with van der Waals surface area (Å²) in [5, 5.41) is 8.93. The summed E-state index contributed by atoms with van der Waals surface area (Å²) >= 11 is 7.37. The van der Waals surface area contributed by atoms with E-state index in [2.05, 4.69) is 152 Å². The molecule has 7 rings (SSSR count). The smallest absolute Gasteiger partial charge is 0.109 e. The summed E-state index contributed by atoms with van der Waals surface area (Å²) < 4.78 is 1.36. The largest absolute Gasteiger partial charge is 1.00 e. The maximum Gasteiger partial charge on any atom is -0.109 e. The molecule has 4 heteroatoms. The van der Waals surface area contributed by atoms with E-state index in [-0.39, 0.29) is 35.6 Å². The first-order valence-electron chi connectivity index (χ1n) is 16.4. The second-order valence-electron chi connectivity index (χ2n) is 14.6. The van der Waals surface area contributed by atoms with Crippen molar-refractivity contribution in [3.63, 3.8) is 0 Å². The molecule has 49 heavy (non-hydrogen) atoms. The van der Waals surface area contributed by atoms with Gasteiger partial charge >= 0.3 is 133 Å². The third-order valence-corrected chi connectivity index (χ3v) is 10.4. The van der Waals surface area contributed by atoms with E-state index < -0.39 is 0 Å². The van der Waals surface area contributed by atoms with Gasteiger partial charge in [-0.1, -0.05) is 75.9 Å². The second-order valence-corrected chi connectivity index (χ2v) is 16.2. The van der Waals surface area contributed by atoms with Crippen molar-refractivity contribution in [1.82, 2.24) is 0 Å². The molecule has 0 heterocycles. The molecule has 0 amide bonds. The van der Waals surface area contributed by atoms with Crippen LogP contribution in [0.3, 0.4) is 0 Å². The van der Waals surface area contributed by atoms with Crippen molar-refractivity contribution in [1.29, 1.82) is 0 Å². The predicted octanol–water partition coefficient (Wildman–Crippen LogP) is 6.85. The number of fused-ring (bicyclic) bond motifs is 4. The van der Waals surface area contributed by atoms with Crippen molar-refractivity contribution >= 4 is 47.1 Å². The monoisotopic (exact) mass is 780 g/mol. The van der Waals surface area contributed by atoms with Gasteiger partial charge in [-0.15, -0.1) is 46.2 Å². The summed E-state index contributed by atoms with van der Waals surface area (Å²) in [6.07, 6.45) is 10.0. The molecule has 1 aliphatic carbocycles. The van der Waals surface area contributed by atoms with E-state index in [4.69, 9.17) is 11.6 Å². The summed E-state index contributed by atoms with van der Waals surface area (Å²) in [6.45, 7) is 18.3. The maximum atomic E-state index is 5.96. The van der Waals surface area contributed by atoms with Gasteiger partial charge in [0.25, 0.3) is 0 Å². The van der Waals surface area contributed by atoms with Crippen molar-refractivity contribution in [2.24, 2.45) is 0 Å². The van der Waals surface area contributed by atoms with Crippen LogP contribution >= 0.6 is 11.6 Å². The van der Waals surface area contributed by atoms with E-state index in [0.29, 0.717) is 0 Å². The van der Waals surface area contributed by atoms with E-state index in [1.165, 1.54) is 93.1 Å². The van der Waals surface area contributed by atoms with Gasteiger partial charge in [-0.3, -0.25) is 6.08 Å². The first-order valence-corrected chi connectivity index (χ1v) is 18.0. The van der Waals surface area contributed by atoms with E-state index in [1.54, 1.807) is 0 Å². The van der Waals surface area contributed by atoms with Crippen LogP contribution in [0.1, 0.15) is 81.3 Å². The Bertz CT molecular complexity index is 2020. The van der Waals surface area contributed by atoms with Gasteiger partial charge < -0.3 is 24.8 Å². The molecule has 6 aromatic rings. The summed E-state index contributed by atoms with van der Waals surface area (Å²) in [5.41, 5.74) is 8.63. The van der Waals surface area contributed by atoms with Crippen molar-refractivity contribution in [3.05, 3.63) is 160 Å². The Labute approximate surface area is 326 Å². The molecular weight excluding hydrogens is 738 g/mol. The van der Waals surface area contributed by atoms with E-state index in [1.807, 2.05) is 24.3 Å². The Morgan fingerprint density at radius 1 is 0.694 bits per heavy atom. The fourth-order valence-electron chi connectivity index (χ4n) is 6.51. The van der Waals surface area contributed by atoms with Crippen LogP contribution in [-0.4, -0.2) is 3.21 Å². The van der Waals surface area contributed by atoms with Gasteiger partial charge in [-0.05, 0) is 24.7 Å². The molecule has 0 radical (unpaired) electrons. The number of hydrogen-bond donors (Lipinski definition) is 0. The van der Waals surface area contributed by atoms with Crippen molar-refractivity contribution in [2.45, 2.75) is 72.6 Å². The van der Waals surface area contributed by atoms with Crippen LogP contribution in [0, 0.1) is 19.9 Å². The molecule has 0 saturated heterocycles. The summed E-state index contributed by atoms with van der Waals surface area (Å²) in [5.74, 6) is 0. The molecule has 0 spiro atoms. The summed E-state index contributed by atoms with van der Waals surface area (Å²) in [4.78, 5) is 0. The number of hydrogen-bond acceptors (Lipinski definition) is 0. The van der Waals surface area contributed by atoms with Gasteiger partial charge in [0.05, 0.1) is 0 Å². The fraction of sp³-hybridized carbons (Fsp3) is 0.244. The summed E-state index contributed by atoms with van der Waals surface area (Å²) in [7, 11) is 0. The fourth-order valence-corrected chi connectivity index (χ4v) is 7.58. The Hall–Kier alpha value is -2.67.